The van der Waals surface area contributed by atoms with Crippen LogP contribution in [0.3, 0.4) is 0 Å². The van der Waals surface area contributed by atoms with E-state index in [1.807, 2.05) is 12.1 Å². The van der Waals surface area contributed by atoms with Crippen molar-refractivity contribution < 1.29 is 4.39 Å². The molecule has 1 nitrogen and oxygen atoms in total. The quantitative estimate of drug-likeness (QED) is 0.793. The van der Waals surface area contributed by atoms with Crippen molar-refractivity contribution in [3.63, 3.8) is 0 Å². The Hall–Kier alpha value is -0.890. The fourth-order valence-electron chi connectivity index (χ4n) is 2.45. The van der Waals surface area contributed by atoms with Crippen molar-refractivity contribution in [2.24, 2.45) is 11.7 Å². The van der Waals surface area contributed by atoms with Gasteiger partial charge in [-0.25, -0.2) is 4.39 Å². The maximum atomic E-state index is 12.8. The van der Waals surface area contributed by atoms with E-state index in [1.54, 1.807) is 0 Å². The molecule has 1 aliphatic rings. The highest BCUT2D eigenvalue weighted by Crippen LogP contribution is 2.53. The van der Waals surface area contributed by atoms with Crippen LogP contribution in [0.15, 0.2) is 24.3 Å². The van der Waals surface area contributed by atoms with Gasteiger partial charge in [0.15, 0.2) is 0 Å². The third-order valence-corrected chi connectivity index (χ3v) is 4.09. The molecule has 0 amide bonds. The van der Waals surface area contributed by atoms with Gasteiger partial charge >= 0.3 is 0 Å². The molecule has 1 aromatic carbocycles. The zero-order valence-electron chi connectivity index (χ0n) is 9.55. The predicted molar refractivity (Wildman–Crippen MR) is 60.1 cm³/mol. The van der Waals surface area contributed by atoms with E-state index in [0.29, 0.717) is 5.92 Å². The molecule has 15 heavy (non-hydrogen) atoms. The molecule has 2 rings (SSSR count). The normalized spacial score (nSPS) is 30.3. The maximum Gasteiger partial charge on any atom is 0.123 e. The highest BCUT2D eigenvalue weighted by atomic mass is 19.1. The van der Waals surface area contributed by atoms with Crippen molar-refractivity contribution in [3.05, 3.63) is 35.6 Å². The van der Waals surface area contributed by atoms with Crippen molar-refractivity contribution in [2.75, 3.05) is 0 Å². The average molecular weight is 207 g/mol. The Kier molecular flexibility index (Phi) is 2.16. The fraction of sp³-hybridized carbons (Fsp3) is 0.538. The average Bonchev–Trinajstić information content (AvgIpc) is 2.77. The summed E-state index contributed by atoms with van der Waals surface area (Å²) >= 11 is 0. The number of hydrogen-bond donors (Lipinski definition) is 1. The molecule has 2 atom stereocenters. The van der Waals surface area contributed by atoms with Gasteiger partial charge in [-0.1, -0.05) is 32.9 Å². The summed E-state index contributed by atoms with van der Waals surface area (Å²) in [5.41, 5.74) is 7.26. The lowest BCUT2D eigenvalue weighted by molar-refractivity contribution is 0.368. The van der Waals surface area contributed by atoms with Crippen molar-refractivity contribution >= 4 is 0 Å². The van der Waals surface area contributed by atoms with Gasteiger partial charge in [-0.15, -0.1) is 0 Å². The second-order valence-corrected chi connectivity index (χ2v) is 5.28. The van der Waals surface area contributed by atoms with Gasteiger partial charge in [0, 0.05) is 11.0 Å². The monoisotopic (exact) mass is 207 g/mol. The zero-order chi connectivity index (χ0) is 11.3. The van der Waals surface area contributed by atoms with Gasteiger partial charge in [0.1, 0.15) is 5.82 Å². The number of nitrogens with two attached hydrogens (primary N) is 1. The molecule has 2 heteroatoms. The third kappa shape index (κ3) is 1.48. The second-order valence-electron chi connectivity index (χ2n) is 5.28. The fourth-order valence-corrected chi connectivity index (χ4v) is 2.45. The van der Waals surface area contributed by atoms with Crippen LogP contribution < -0.4 is 5.73 Å². The van der Waals surface area contributed by atoms with Crippen LogP contribution in [0.2, 0.25) is 0 Å². The molecular weight excluding hydrogens is 189 g/mol. The number of benzene rings is 1. The second kappa shape index (κ2) is 3.05. The van der Waals surface area contributed by atoms with E-state index in [2.05, 4.69) is 20.8 Å². The summed E-state index contributed by atoms with van der Waals surface area (Å²) in [5, 5.41) is 0. The summed E-state index contributed by atoms with van der Waals surface area (Å²) in [6, 6.07) is 6.70. The van der Waals surface area contributed by atoms with Crippen LogP contribution in [0.4, 0.5) is 4.39 Å². The summed E-state index contributed by atoms with van der Waals surface area (Å²) in [5.74, 6) is 0.363. The van der Waals surface area contributed by atoms with Crippen LogP contribution >= 0.6 is 0 Å². The van der Waals surface area contributed by atoms with Crippen LogP contribution in [-0.4, -0.2) is 5.54 Å². The number of halogens is 1. The van der Waals surface area contributed by atoms with Crippen molar-refractivity contribution in [1.82, 2.24) is 0 Å². The van der Waals surface area contributed by atoms with Gasteiger partial charge in [0.25, 0.3) is 0 Å². The first kappa shape index (κ1) is 10.6. The Balaban J connectivity index is 2.34. The maximum absolute atomic E-state index is 12.8. The van der Waals surface area contributed by atoms with Crippen molar-refractivity contribution in [1.29, 1.82) is 0 Å². The highest BCUT2D eigenvalue weighted by Gasteiger charge is 2.58. The lowest BCUT2D eigenvalue weighted by atomic mass is 9.75. The lowest BCUT2D eigenvalue weighted by Gasteiger charge is -2.33. The molecule has 1 aliphatic carbocycles. The number of hydrogen-bond acceptors (Lipinski definition) is 1. The summed E-state index contributed by atoms with van der Waals surface area (Å²) in [6.45, 7) is 6.46. The van der Waals surface area contributed by atoms with Gasteiger partial charge in [-0.3, -0.25) is 0 Å². The Morgan fingerprint density at radius 2 is 1.80 bits per heavy atom. The molecular formula is C13H18FN. The molecule has 1 fully saturated rings. The summed E-state index contributed by atoms with van der Waals surface area (Å²) in [6.07, 6.45) is 1.05. The van der Waals surface area contributed by atoms with Gasteiger partial charge < -0.3 is 5.73 Å². The minimum Gasteiger partial charge on any atom is -0.324 e. The summed E-state index contributed by atoms with van der Waals surface area (Å²) in [4.78, 5) is 0. The highest BCUT2D eigenvalue weighted by molar-refractivity contribution is 5.34. The van der Waals surface area contributed by atoms with E-state index in [9.17, 15) is 4.39 Å². The first-order valence-corrected chi connectivity index (χ1v) is 5.43. The van der Waals surface area contributed by atoms with Crippen LogP contribution in [0.5, 0.6) is 0 Å². The van der Waals surface area contributed by atoms with Crippen molar-refractivity contribution in [2.45, 2.75) is 38.1 Å². The number of rotatable bonds is 2. The molecule has 82 valence electrons. The van der Waals surface area contributed by atoms with Crippen LogP contribution in [-0.2, 0) is 5.41 Å². The van der Waals surface area contributed by atoms with E-state index >= 15 is 0 Å². The van der Waals surface area contributed by atoms with E-state index in [1.165, 1.54) is 12.1 Å². The third-order valence-electron chi connectivity index (χ3n) is 4.09. The lowest BCUT2D eigenvalue weighted by Crippen LogP contribution is -2.45. The topological polar surface area (TPSA) is 26.0 Å². The van der Waals surface area contributed by atoms with Crippen LogP contribution in [0, 0.1) is 11.7 Å². The molecule has 0 radical (unpaired) electrons. The van der Waals surface area contributed by atoms with Gasteiger partial charge in [-0.2, -0.15) is 0 Å². The zero-order valence-corrected chi connectivity index (χ0v) is 9.55. The molecule has 2 N–H and O–H groups in total. The largest absolute Gasteiger partial charge is 0.324 e. The molecule has 0 aromatic heterocycles. The Morgan fingerprint density at radius 1 is 1.33 bits per heavy atom. The van der Waals surface area contributed by atoms with E-state index in [0.717, 1.165) is 12.0 Å². The van der Waals surface area contributed by atoms with Gasteiger partial charge in [0.05, 0.1) is 0 Å². The van der Waals surface area contributed by atoms with Crippen LogP contribution in [0.1, 0.15) is 32.8 Å². The SMILES string of the molecule is CC1CC1(N)C(C)(C)c1ccc(F)cc1. The Bertz CT molecular complexity index is 369. The minimum absolute atomic E-state index is 0.0832. The molecule has 0 aliphatic heterocycles. The molecule has 2 unspecified atom stereocenters. The van der Waals surface area contributed by atoms with Crippen LogP contribution in [0.25, 0.3) is 0 Å². The Morgan fingerprint density at radius 3 is 2.20 bits per heavy atom. The Labute approximate surface area is 90.5 Å². The molecule has 0 bridgehead atoms. The molecule has 0 heterocycles. The minimum atomic E-state index is -0.190. The summed E-state index contributed by atoms with van der Waals surface area (Å²) < 4.78 is 12.8. The first-order chi connectivity index (χ1) is 6.88. The van der Waals surface area contributed by atoms with E-state index in [4.69, 9.17) is 5.73 Å². The molecule has 1 aromatic rings. The van der Waals surface area contributed by atoms with Crippen molar-refractivity contribution in [3.8, 4) is 0 Å². The van der Waals surface area contributed by atoms with E-state index in [-0.39, 0.29) is 16.8 Å². The standard InChI is InChI=1S/C13H18FN/c1-9-8-13(9,15)12(2,3)10-4-6-11(14)7-5-10/h4-7,9H,8,15H2,1-3H3. The predicted octanol–water partition coefficient (Wildman–Crippen LogP) is 2.84. The smallest absolute Gasteiger partial charge is 0.123 e. The van der Waals surface area contributed by atoms with Gasteiger partial charge in [-0.05, 0) is 30.0 Å². The van der Waals surface area contributed by atoms with E-state index < -0.39 is 0 Å². The first-order valence-electron chi connectivity index (χ1n) is 5.43. The molecule has 1 saturated carbocycles. The molecule has 0 spiro atoms. The van der Waals surface area contributed by atoms with Gasteiger partial charge in [0.2, 0.25) is 0 Å². The molecule has 0 saturated heterocycles. The summed E-state index contributed by atoms with van der Waals surface area (Å²) in [7, 11) is 0.